The van der Waals surface area contributed by atoms with E-state index in [0.717, 1.165) is 5.39 Å². The highest BCUT2D eigenvalue weighted by atomic mass is 35.5. The standard InChI is InChI=1S/C5H4N4.2ClH/c1-4-2-8-9-5(4)7-3-6-1;;/h1-3H,(H,6,7,8,9);2*1H. The summed E-state index contributed by atoms with van der Waals surface area (Å²) in [5, 5.41) is 7.47. The molecule has 0 unspecified atom stereocenters. The fraction of sp³-hybridized carbons (Fsp3) is 0. The van der Waals surface area contributed by atoms with Crippen LogP contribution in [0.3, 0.4) is 0 Å². The average Bonchev–Trinajstić information content (AvgIpc) is 2.33. The van der Waals surface area contributed by atoms with E-state index in [1.54, 1.807) is 12.4 Å². The lowest BCUT2D eigenvalue weighted by atomic mass is 10.5. The molecule has 0 bridgehead atoms. The number of H-pyrrole nitrogens is 1. The number of aromatic amines is 1. The summed E-state index contributed by atoms with van der Waals surface area (Å²) in [6.07, 6.45) is 4.95. The van der Waals surface area contributed by atoms with Crippen LogP contribution in [0.4, 0.5) is 0 Å². The van der Waals surface area contributed by atoms with Crippen LogP contribution in [-0.2, 0) is 0 Å². The van der Waals surface area contributed by atoms with Crippen LogP contribution in [0, 0.1) is 0 Å². The molecule has 2 aromatic rings. The van der Waals surface area contributed by atoms with Gasteiger partial charge in [-0.3, -0.25) is 5.10 Å². The molecule has 2 rings (SSSR count). The van der Waals surface area contributed by atoms with Crippen LogP contribution in [0.1, 0.15) is 0 Å². The lowest BCUT2D eigenvalue weighted by Gasteiger charge is -1.79. The second kappa shape index (κ2) is 4.10. The van der Waals surface area contributed by atoms with E-state index in [-0.39, 0.29) is 24.8 Å². The molecule has 0 aliphatic carbocycles. The molecule has 0 saturated heterocycles. The average molecular weight is 193 g/mol. The number of hydrogen-bond acceptors (Lipinski definition) is 3. The minimum absolute atomic E-state index is 0. The van der Waals surface area contributed by atoms with Gasteiger partial charge in [-0.2, -0.15) is 5.10 Å². The van der Waals surface area contributed by atoms with E-state index in [2.05, 4.69) is 20.2 Å². The van der Waals surface area contributed by atoms with Crippen molar-refractivity contribution in [2.24, 2.45) is 0 Å². The van der Waals surface area contributed by atoms with E-state index in [0.29, 0.717) is 5.65 Å². The smallest absolute Gasteiger partial charge is 0.183 e. The maximum atomic E-state index is 3.89. The minimum Gasteiger partial charge on any atom is -0.283 e. The summed E-state index contributed by atoms with van der Waals surface area (Å²) >= 11 is 0. The normalized spacial score (nSPS) is 8.36. The maximum Gasteiger partial charge on any atom is 0.183 e. The first kappa shape index (κ1) is 10.1. The third-order valence-electron chi connectivity index (χ3n) is 1.11. The van der Waals surface area contributed by atoms with Gasteiger partial charge in [-0.05, 0) is 0 Å². The van der Waals surface area contributed by atoms with Crippen molar-refractivity contribution in [3.63, 3.8) is 0 Å². The van der Waals surface area contributed by atoms with Crippen LogP contribution >= 0.6 is 24.8 Å². The Labute approximate surface area is 75.3 Å². The molecule has 2 heterocycles. The molecule has 0 amide bonds. The van der Waals surface area contributed by atoms with E-state index in [1.807, 2.05) is 0 Å². The number of aromatic nitrogens is 4. The summed E-state index contributed by atoms with van der Waals surface area (Å²) in [4.78, 5) is 7.70. The topological polar surface area (TPSA) is 54.5 Å². The number of nitrogens with one attached hydrogen (secondary N) is 1. The highest BCUT2D eigenvalue weighted by Gasteiger charge is 1.91. The third kappa shape index (κ3) is 1.78. The minimum atomic E-state index is 0. The molecule has 0 aliphatic rings. The molecule has 4 nitrogen and oxygen atoms in total. The first-order valence-corrected chi connectivity index (χ1v) is 2.56. The van der Waals surface area contributed by atoms with Crippen molar-refractivity contribution in [3.05, 3.63) is 18.7 Å². The molecule has 0 fully saturated rings. The zero-order valence-electron chi connectivity index (χ0n) is 5.39. The molecule has 60 valence electrons. The van der Waals surface area contributed by atoms with Gasteiger partial charge in [0.2, 0.25) is 0 Å². The predicted molar refractivity (Wildman–Crippen MR) is 46.2 cm³/mol. The molecule has 1 N–H and O–H groups in total. The lowest BCUT2D eigenvalue weighted by molar-refractivity contribution is 1.09. The Hall–Kier alpha value is -0.870. The highest BCUT2D eigenvalue weighted by molar-refractivity contribution is 5.85. The van der Waals surface area contributed by atoms with E-state index in [9.17, 15) is 0 Å². The molecule has 2 aromatic heterocycles. The zero-order valence-corrected chi connectivity index (χ0v) is 7.02. The summed E-state index contributed by atoms with van der Waals surface area (Å²) in [7, 11) is 0. The van der Waals surface area contributed by atoms with Crippen molar-refractivity contribution in [1.82, 2.24) is 20.2 Å². The SMILES string of the molecule is Cl.Cl.c1ncc2c[nH]nc2n1. The second-order valence-electron chi connectivity index (χ2n) is 1.69. The van der Waals surface area contributed by atoms with Gasteiger partial charge in [-0.15, -0.1) is 24.8 Å². The van der Waals surface area contributed by atoms with Gasteiger partial charge >= 0.3 is 0 Å². The molecular weight excluding hydrogens is 187 g/mol. The van der Waals surface area contributed by atoms with Crippen LogP contribution < -0.4 is 0 Å². The molecule has 11 heavy (non-hydrogen) atoms. The number of fused-ring (bicyclic) bond motifs is 1. The Morgan fingerprint density at radius 1 is 1.27 bits per heavy atom. The molecule has 0 saturated carbocycles. The highest BCUT2D eigenvalue weighted by Crippen LogP contribution is 2.01. The summed E-state index contributed by atoms with van der Waals surface area (Å²) in [6, 6.07) is 0. The largest absolute Gasteiger partial charge is 0.283 e. The predicted octanol–water partition coefficient (Wildman–Crippen LogP) is 1.20. The van der Waals surface area contributed by atoms with Gasteiger partial charge in [0, 0.05) is 12.4 Å². The van der Waals surface area contributed by atoms with Gasteiger partial charge in [0.15, 0.2) is 5.65 Å². The third-order valence-corrected chi connectivity index (χ3v) is 1.11. The number of hydrogen-bond donors (Lipinski definition) is 1. The van der Waals surface area contributed by atoms with Gasteiger partial charge in [-0.25, -0.2) is 9.97 Å². The Balaban J connectivity index is 0.000000500. The summed E-state index contributed by atoms with van der Waals surface area (Å²) in [5.41, 5.74) is 0.713. The fourth-order valence-electron chi connectivity index (χ4n) is 0.692. The summed E-state index contributed by atoms with van der Waals surface area (Å²) < 4.78 is 0. The van der Waals surface area contributed by atoms with E-state index >= 15 is 0 Å². The van der Waals surface area contributed by atoms with Crippen molar-refractivity contribution in [2.75, 3.05) is 0 Å². The monoisotopic (exact) mass is 192 g/mol. The molecule has 6 heteroatoms. The Morgan fingerprint density at radius 3 is 2.82 bits per heavy atom. The quantitative estimate of drug-likeness (QED) is 0.683. The van der Waals surface area contributed by atoms with Gasteiger partial charge < -0.3 is 0 Å². The summed E-state index contributed by atoms with van der Waals surface area (Å²) in [6.45, 7) is 0. The van der Waals surface area contributed by atoms with Gasteiger partial charge in [0.25, 0.3) is 0 Å². The Bertz CT molecular complexity index is 290. The molecule has 0 aromatic carbocycles. The first-order valence-electron chi connectivity index (χ1n) is 2.56. The first-order chi connectivity index (χ1) is 4.47. The van der Waals surface area contributed by atoms with Gasteiger partial charge in [0.1, 0.15) is 6.33 Å². The second-order valence-corrected chi connectivity index (χ2v) is 1.69. The lowest BCUT2D eigenvalue weighted by Crippen LogP contribution is -1.75. The van der Waals surface area contributed by atoms with Crippen LogP contribution in [0.25, 0.3) is 11.0 Å². The summed E-state index contributed by atoms with van der Waals surface area (Å²) in [5.74, 6) is 0. The van der Waals surface area contributed by atoms with Crippen molar-refractivity contribution in [3.8, 4) is 0 Å². The van der Waals surface area contributed by atoms with Gasteiger partial charge in [0.05, 0.1) is 5.39 Å². The van der Waals surface area contributed by atoms with Crippen LogP contribution in [0.5, 0.6) is 0 Å². The van der Waals surface area contributed by atoms with Crippen LogP contribution in [-0.4, -0.2) is 20.2 Å². The molecular formula is C5H6Cl2N4. The van der Waals surface area contributed by atoms with Crippen LogP contribution in [0.2, 0.25) is 0 Å². The van der Waals surface area contributed by atoms with Crippen molar-refractivity contribution < 1.29 is 0 Å². The Morgan fingerprint density at radius 2 is 2.09 bits per heavy atom. The maximum absolute atomic E-state index is 3.89. The van der Waals surface area contributed by atoms with E-state index < -0.39 is 0 Å². The Kier molecular flexibility index (Phi) is 3.78. The fourth-order valence-corrected chi connectivity index (χ4v) is 0.692. The van der Waals surface area contributed by atoms with Crippen molar-refractivity contribution in [2.45, 2.75) is 0 Å². The molecule has 0 atom stereocenters. The van der Waals surface area contributed by atoms with Crippen molar-refractivity contribution in [1.29, 1.82) is 0 Å². The number of halogens is 2. The number of nitrogens with zero attached hydrogens (tertiary/aromatic N) is 3. The van der Waals surface area contributed by atoms with Gasteiger partial charge in [-0.1, -0.05) is 0 Å². The zero-order chi connectivity index (χ0) is 6.10. The van der Waals surface area contributed by atoms with E-state index in [1.165, 1.54) is 6.33 Å². The van der Waals surface area contributed by atoms with E-state index in [4.69, 9.17) is 0 Å². The van der Waals surface area contributed by atoms with Crippen molar-refractivity contribution >= 4 is 35.8 Å². The molecule has 0 spiro atoms. The molecule has 0 aliphatic heterocycles. The number of rotatable bonds is 0. The van der Waals surface area contributed by atoms with Crippen LogP contribution in [0.15, 0.2) is 18.7 Å². The molecule has 0 radical (unpaired) electrons.